The van der Waals surface area contributed by atoms with Crippen molar-refractivity contribution in [2.75, 3.05) is 13.2 Å². The molecular formula is C8H11NO3. The van der Waals surface area contributed by atoms with Crippen molar-refractivity contribution in [1.82, 2.24) is 0 Å². The highest BCUT2D eigenvalue weighted by Gasteiger charge is 2.07. The number of allylic oxidation sites excluding steroid dienone is 1. The molecule has 66 valence electrons. The van der Waals surface area contributed by atoms with Gasteiger partial charge in [0.1, 0.15) is 6.61 Å². The van der Waals surface area contributed by atoms with E-state index in [0.29, 0.717) is 6.61 Å². The lowest BCUT2D eigenvalue weighted by Gasteiger charge is -2.11. The van der Waals surface area contributed by atoms with Crippen LogP contribution in [0.1, 0.15) is 6.42 Å². The number of carboxylic acids is 1. The minimum atomic E-state index is -0.940. The van der Waals surface area contributed by atoms with E-state index in [2.05, 4.69) is 4.99 Å². The van der Waals surface area contributed by atoms with E-state index in [-0.39, 0.29) is 12.6 Å². The lowest BCUT2D eigenvalue weighted by atomic mass is 10.2. The number of ether oxygens (including phenoxy) is 1. The van der Waals surface area contributed by atoms with Gasteiger partial charge in [0.05, 0.1) is 12.6 Å². The summed E-state index contributed by atoms with van der Waals surface area (Å²) in [5, 5.41) is 8.27. The van der Waals surface area contributed by atoms with Crippen LogP contribution in [0, 0.1) is 0 Å². The van der Waals surface area contributed by atoms with Crippen molar-refractivity contribution in [2.45, 2.75) is 12.5 Å². The van der Waals surface area contributed by atoms with E-state index < -0.39 is 5.97 Å². The Labute approximate surface area is 70.6 Å². The zero-order valence-corrected chi connectivity index (χ0v) is 6.64. The molecular weight excluding hydrogens is 158 g/mol. The summed E-state index contributed by atoms with van der Waals surface area (Å²) in [6.07, 6.45) is 6.39. The number of nitrogens with zero attached hydrogens (tertiary/aromatic N) is 1. The van der Waals surface area contributed by atoms with Crippen LogP contribution >= 0.6 is 0 Å². The van der Waals surface area contributed by atoms with Crippen LogP contribution in [-0.4, -0.2) is 36.5 Å². The van der Waals surface area contributed by atoms with Crippen molar-refractivity contribution < 1.29 is 14.6 Å². The van der Waals surface area contributed by atoms with Gasteiger partial charge < -0.3 is 9.84 Å². The van der Waals surface area contributed by atoms with Crippen LogP contribution in [0.2, 0.25) is 0 Å². The summed E-state index contributed by atoms with van der Waals surface area (Å²) >= 11 is 0. The van der Waals surface area contributed by atoms with E-state index in [1.165, 1.54) is 0 Å². The fourth-order valence-corrected chi connectivity index (χ4v) is 0.922. The zero-order chi connectivity index (χ0) is 8.81. The molecule has 1 aliphatic heterocycles. The molecule has 0 fully saturated rings. The number of rotatable bonds is 4. The van der Waals surface area contributed by atoms with Gasteiger partial charge in [-0.3, -0.25) is 4.99 Å². The first kappa shape index (κ1) is 8.93. The molecule has 4 nitrogen and oxygen atoms in total. The van der Waals surface area contributed by atoms with Crippen LogP contribution in [0.3, 0.4) is 0 Å². The van der Waals surface area contributed by atoms with Gasteiger partial charge in [-0.15, -0.1) is 0 Å². The fourth-order valence-electron chi connectivity index (χ4n) is 0.922. The number of hydrogen-bond donors (Lipinski definition) is 1. The first-order valence-corrected chi connectivity index (χ1v) is 3.77. The molecule has 1 rings (SSSR count). The molecule has 0 saturated carbocycles. The second kappa shape index (κ2) is 4.66. The number of dihydropyridines is 1. The van der Waals surface area contributed by atoms with Crippen molar-refractivity contribution in [2.24, 2.45) is 4.99 Å². The summed E-state index contributed by atoms with van der Waals surface area (Å²) in [6.45, 7) is 0.142. The molecule has 1 heterocycles. The average Bonchev–Trinajstić information content (AvgIpc) is 2.05. The van der Waals surface area contributed by atoms with Crippen LogP contribution < -0.4 is 0 Å². The molecule has 0 aromatic carbocycles. The van der Waals surface area contributed by atoms with Crippen LogP contribution in [0.25, 0.3) is 0 Å². The predicted molar refractivity (Wildman–Crippen MR) is 44.5 cm³/mol. The lowest BCUT2D eigenvalue weighted by molar-refractivity contribution is -0.142. The highest BCUT2D eigenvalue weighted by Crippen LogP contribution is 2.03. The van der Waals surface area contributed by atoms with Gasteiger partial charge in [-0.05, 0) is 12.5 Å². The quantitative estimate of drug-likeness (QED) is 0.666. The van der Waals surface area contributed by atoms with Crippen molar-refractivity contribution in [1.29, 1.82) is 0 Å². The summed E-state index contributed by atoms with van der Waals surface area (Å²) in [7, 11) is 0. The molecule has 1 unspecified atom stereocenters. The number of hydrogen-bond acceptors (Lipinski definition) is 3. The third-order valence-electron chi connectivity index (χ3n) is 1.46. The molecule has 1 atom stereocenters. The Balaban J connectivity index is 2.11. The van der Waals surface area contributed by atoms with Crippen LogP contribution in [0.5, 0.6) is 0 Å². The molecule has 1 aliphatic rings. The first-order valence-electron chi connectivity index (χ1n) is 3.77. The van der Waals surface area contributed by atoms with Crippen molar-refractivity contribution in [3.8, 4) is 0 Å². The van der Waals surface area contributed by atoms with Crippen LogP contribution in [0.15, 0.2) is 17.1 Å². The highest BCUT2D eigenvalue weighted by atomic mass is 16.5. The van der Waals surface area contributed by atoms with Gasteiger partial charge >= 0.3 is 5.97 Å². The maximum absolute atomic E-state index is 10.1. The third-order valence-corrected chi connectivity index (χ3v) is 1.46. The van der Waals surface area contributed by atoms with Crippen LogP contribution in [-0.2, 0) is 9.53 Å². The van der Waals surface area contributed by atoms with Crippen molar-refractivity contribution >= 4 is 12.2 Å². The monoisotopic (exact) mass is 169 g/mol. The maximum atomic E-state index is 10.1. The lowest BCUT2D eigenvalue weighted by Crippen LogP contribution is -2.17. The number of carbonyl (C=O) groups is 1. The molecule has 0 aliphatic carbocycles. The molecule has 0 aromatic rings. The SMILES string of the molecule is O=C(O)COCC1CC=CC=N1. The molecule has 0 saturated heterocycles. The normalized spacial score (nSPS) is 21.2. The molecule has 12 heavy (non-hydrogen) atoms. The summed E-state index contributed by atoms with van der Waals surface area (Å²) in [5.74, 6) is -0.940. The minimum Gasteiger partial charge on any atom is -0.480 e. The predicted octanol–water partition coefficient (Wildman–Crippen LogP) is 0.487. The number of aliphatic carboxylic acids is 1. The minimum absolute atomic E-state index is 0.0920. The highest BCUT2D eigenvalue weighted by molar-refractivity contribution is 5.72. The Morgan fingerprint density at radius 1 is 1.75 bits per heavy atom. The summed E-state index contributed by atoms with van der Waals surface area (Å²) < 4.78 is 4.89. The van der Waals surface area contributed by atoms with Gasteiger partial charge in [0.15, 0.2) is 0 Å². The molecule has 4 heteroatoms. The van der Waals surface area contributed by atoms with E-state index in [0.717, 1.165) is 6.42 Å². The van der Waals surface area contributed by atoms with Gasteiger partial charge in [-0.1, -0.05) is 6.08 Å². The second-order valence-electron chi connectivity index (χ2n) is 2.52. The Morgan fingerprint density at radius 3 is 3.17 bits per heavy atom. The van der Waals surface area contributed by atoms with Gasteiger partial charge in [-0.2, -0.15) is 0 Å². The van der Waals surface area contributed by atoms with E-state index in [1.54, 1.807) is 6.21 Å². The summed E-state index contributed by atoms with van der Waals surface area (Å²) in [5.41, 5.74) is 0. The Kier molecular flexibility index (Phi) is 3.47. The number of carboxylic acid groups (broad SMARTS) is 1. The Hall–Kier alpha value is -1.16. The fraction of sp³-hybridized carbons (Fsp3) is 0.500. The smallest absolute Gasteiger partial charge is 0.329 e. The van der Waals surface area contributed by atoms with Crippen molar-refractivity contribution in [3.63, 3.8) is 0 Å². The van der Waals surface area contributed by atoms with Gasteiger partial charge in [-0.25, -0.2) is 4.79 Å². The molecule has 0 bridgehead atoms. The Bertz CT molecular complexity index is 210. The molecule has 0 spiro atoms. The molecule has 0 radical (unpaired) electrons. The van der Waals surface area contributed by atoms with Gasteiger partial charge in [0.25, 0.3) is 0 Å². The largest absolute Gasteiger partial charge is 0.480 e. The number of aliphatic imine (C=N–C) groups is 1. The van der Waals surface area contributed by atoms with E-state index in [1.807, 2.05) is 12.2 Å². The maximum Gasteiger partial charge on any atom is 0.329 e. The Morgan fingerprint density at radius 2 is 2.58 bits per heavy atom. The zero-order valence-electron chi connectivity index (χ0n) is 6.64. The molecule has 0 amide bonds. The summed E-state index contributed by atoms with van der Waals surface area (Å²) in [6, 6.07) is 0.0920. The average molecular weight is 169 g/mol. The third kappa shape index (κ3) is 3.30. The van der Waals surface area contributed by atoms with E-state index >= 15 is 0 Å². The van der Waals surface area contributed by atoms with Crippen molar-refractivity contribution in [3.05, 3.63) is 12.2 Å². The van der Waals surface area contributed by atoms with Gasteiger partial charge in [0.2, 0.25) is 0 Å². The van der Waals surface area contributed by atoms with Crippen LogP contribution in [0.4, 0.5) is 0 Å². The second-order valence-corrected chi connectivity index (χ2v) is 2.52. The van der Waals surface area contributed by atoms with E-state index in [9.17, 15) is 4.79 Å². The molecule has 0 aromatic heterocycles. The molecule has 1 N–H and O–H groups in total. The van der Waals surface area contributed by atoms with Gasteiger partial charge in [0, 0.05) is 6.21 Å². The van der Waals surface area contributed by atoms with E-state index in [4.69, 9.17) is 9.84 Å². The summed E-state index contributed by atoms with van der Waals surface area (Å²) in [4.78, 5) is 14.2. The topological polar surface area (TPSA) is 58.9 Å². The standard InChI is InChI=1S/C8H11NO3/c10-8(11)6-12-5-7-3-1-2-4-9-7/h1-2,4,7H,3,5-6H2,(H,10,11). The first-order chi connectivity index (χ1) is 5.79.